The third kappa shape index (κ3) is 4.09. The third-order valence-corrected chi connectivity index (χ3v) is 5.10. The maximum Gasteiger partial charge on any atom is 0.248 e. The molecule has 0 saturated carbocycles. The molecule has 1 aliphatic rings. The average molecular weight is 330 g/mol. The molecule has 1 saturated heterocycles. The van der Waals surface area contributed by atoms with Crippen LogP contribution >= 0.6 is 11.3 Å². The van der Waals surface area contributed by atoms with E-state index in [1.54, 1.807) is 17.4 Å². The smallest absolute Gasteiger partial charge is 0.248 e. The minimum absolute atomic E-state index is 0.368. The molecular formula is C17H22N4OS. The van der Waals surface area contributed by atoms with E-state index in [0.717, 1.165) is 55.5 Å². The van der Waals surface area contributed by atoms with Crippen LogP contribution in [0.5, 0.6) is 0 Å². The number of benzene rings is 1. The van der Waals surface area contributed by atoms with E-state index in [1.165, 1.54) is 0 Å². The number of anilines is 1. The number of carbonyl (C=O) groups is 1. The minimum Gasteiger partial charge on any atom is -0.366 e. The summed E-state index contributed by atoms with van der Waals surface area (Å²) < 4.78 is 0. The fraction of sp³-hybridized carbons (Fsp3) is 0.412. The predicted molar refractivity (Wildman–Crippen MR) is 93.9 cm³/mol. The minimum atomic E-state index is -0.368. The molecule has 3 rings (SSSR count). The highest BCUT2D eigenvalue weighted by Crippen LogP contribution is 2.22. The summed E-state index contributed by atoms with van der Waals surface area (Å²) in [6.07, 6.45) is 1.12. The lowest BCUT2D eigenvalue weighted by atomic mass is 10.1. The van der Waals surface area contributed by atoms with E-state index in [1.807, 2.05) is 19.1 Å². The summed E-state index contributed by atoms with van der Waals surface area (Å²) in [6, 6.07) is 7.62. The van der Waals surface area contributed by atoms with Gasteiger partial charge in [0.1, 0.15) is 0 Å². The van der Waals surface area contributed by atoms with Gasteiger partial charge in [-0.05, 0) is 31.0 Å². The molecular weight excluding hydrogens is 308 g/mol. The van der Waals surface area contributed by atoms with Crippen molar-refractivity contribution < 1.29 is 4.79 Å². The van der Waals surface area contributed by atoms with Gasteiger partial charge < -0.3 is 10.6 Å². The second-order valence-corrected chi connectivity index (χ2v) is 6.79. The average Bonchev–Trinajstić information content (AvgIpc) is 2.83. The zero-order chi connectivity index (χ0) is 16.2. The quantitative estimate of drug-likeness (QED) is 0.934. The second-order valence-electron chi connectivity index (χ2n) is 5.95. The molecule has 2 heterocycles. The van der Waals surface area contributed by atoms with Crippen LogP contribution in [0.2, 0.25) is 0 Å². The van der Waals surface area contributed by atoms with Crippen molar-refractivity contribution in [2.24, 2.45) is 5.73 Å². The van der Waals surface area contributed by atoms with Crippen LogP contribution in [0.3, 0.4) is 0 Å². The van der Waals surface area contributed by atoms with E-state index in [4.69, 9.17) is 5.73 Å². The number of aryl methyl sites for hydroxylation is 1. The van der Waals surface area contributed by atoms with Crippen molar-refractivity contribution in [1.82, 2.24) is 9.88 Å². The van der Waals surface area contributed by atoms with Crippen LogP contribution in [0.25, 0.3) is 0 Å². The van der Waals surface area contributed by atoms with Crippen LogP contribution in [0.15, 0.2) is 29.6 Å². The number of carbonyl (C=O) groups excluding carboxylic acids is 1. The molecule has 1 aliphatic heterocycles. The number of aromatic nitrogens is 1. The maximum absolute atomic E-state index is 11.3. The largest absolute Gasteiger partial charge is 0.366 e. The van der Waals surface area contributed by atoms with Crippen LogP contribution in [0.1, 0.15) is 28.0 Å². The molecule has 5 nitrogen and oxygen atoms in total. The summed E-state index contributed by atoms with van der Waals surface area (Å²) in [4.78, 5) is 20.7. The Morgan fingerprint density at radius 2 is 2.17 bits per heavy atom. The van der Waals surface area contributed by atoms with E-state index in [2.05, 4.69) is 26.2 Å². The van der Waals surface area contributed by atoms with Gasteiger partial charge in [0.25, 0.3) is 0 Å². The van der Waals surface area contributed by atoms with Gasteiger partial charge in [-0.15, -0.1) is 11.3 Å². The first-order valence-corrected chi connectivity index (χ1v) is 8.78. The fourth-order valence-electron chi connectivity index (χ4n) is 2.89. The van der Waals surface area contributed by atoms with E-state index in [9.17, 15) is 4.79 Å². The topological polar surface area (TPSA) is 62.5 Å². The first-order chi connectivity index (χ1) is 11.1. The van der Waals surface area contributed by atoms with E-state index < -0.39 is 0 Å². The standard InChI is InChI=1S/C17H22N4OS/c1-13-12-23-17(19-13)21-7-3-6-20(8-9-21)11-14-4-2-5-15(10-14)16(18)22/h2,4-5,10,12H,3,6-9,11H2,1H3,(H2,18,22). The van der Waals surface area contributed by atoms with Crippen LogP contribution < -0.4 is 10.6 Å². The van der Waals surface area contributed by atoms with Crippen molar-refractivity contribution in [3.8, 4) is 0 Å². The molecule has 23 heavy (non-hydrogen) atoms. The van der Waals surface area contributed by atoms with Gasteiger partial charge in [0.05, 0.1) is 5.69 Å². The Bertz CT molecular complexity index is 685. The van der Waals surface area contributed by atoms with Crippen LogP contribution in [-0.4, -0.2) is 42.0 Å². The normalized spacial score (nSPS) is 16.3. The number of primary amides is 1. The number of thiazole rings is 1. The number of rotatable bonds is 4. The van der Waals surface area contributed by atoms with Crippen molar-refractivity contribution in [3.63, 3.8) is 0 Å². The molecule has 0 spiro atoms. The van der Waals surface area contributed by atoms with Crippen molar-refractivity contribution in [2.45, 2.75) is 19.9 Å². The molecule has 122 valence electrons. The van der Waals surface area contributed by atoms with Crippen LogP contribution in [-0.2, 0) is 6.54 Å². The van der Waals surface area contributed by atoms with Gasteiger partial charge >= 0.3 is 0 Å². The summed E-state index contributed by atoms with van der Waals surface area (Å²) in [5.41, 5.74) is 8.17. The molecule has 1 aromatic heterocycles. The summed E-state index contributed by atoms with van der Waals surface area (Å²) in [5.74, 6) is -0.368. The second kappa shape index (κ2) is 7.10. The Balaban J connectivity index is 1.62. The molecule has 6 heteroatoms. The molecule has 0 atom stereocenters. The highest BCUT2D eigenvalue weighted by Gasteiger charge is 2.17. The van der Waals surface area contributed by atoms with Gasteiger partial charge in [0, 0.05) is 43.7 Å². The Labute approximate surface area is 140 Å². The maximum atomic E-state index is 11.3. The van der Waals surface area contributed by atoms with Gasteiger partial charge in [-0.25, -0.2) is 4.98 Å². The number of amides is 1. The first-order valence-electron chi connectivity index (χ1n) is 7.90. The number of nitrogens with zero attached hydrogens (tertiary/aromatic N) is 3. The molecule has 1 aromatic carbocycles. The lowest BCUT2D eigenvalue weighted by molar-refractivity contribution is 0.1000. The lowest BCUT2D eigenvalue weighted by Crippen LogP contribution is -2.30. The number of hydrogen-bond acceptors (Lipinski definition) is 5. The van der Waals surface area contributed by atoms with Gasteiger partial charge in [-0.2, -0.15) is 0 Å². The van der Waals surface area contributed by atoms with Gasteiger partial charge in [-0.1, -0.05) is 12.1 Å². The highest BCUT2D eigenvalue weighted by molar-refractivity contribution is 7.13. The summed E-state index contributed by atoms with van der Waals surface area (Å²) in [6.45, 7) is 6.98. The number of nitrogens with two attached hydrogens (primary N) is 1. The van der Waals surface area contributed by atoms with Crippen molar-refractivity contribution in [3.05, 3.63) is 46.5 Å². The monoisotopic (exact) mass is 330 g/mol. The molecule has 2 N–H and O–H groups in total. The van der Waals surface area contributed by atoms with Gasteiger partial charge in [-0.3, -0.25) is 9.69 Å². The number of hydrogen-bond donors (Lipinski definition) is 1. The molecule has 0 unspecified atom stereocenters. The van der Waals surface area contributed by atoms with Crippen molar-refractivity contribution >= 4 is 22.4 Å². The van der Waals surface area contributed by atoms with Gasteiger partial charge in [0.2, 0.25) is 5.91 Å². The molecule has 0 aliphatic carbocycles. The Hall–Kier alpha value is -1.92. The summed E-state index contributed by atoms with van der Waals surface area (Å²) >= 11 is 1.72. The van der Waals surface area contributed by atoms with Crippen molar-refractivity contribution in [1.29, 1.82) is 0 Å². The Morgan fingerprint density at radius 3 is 2.91 bits per heavy atom. The SMILES string of the molecule is Cc1csc(N2CCCN(Cc3cccc(C(N)=O)c3)CC2)n1. The fourth-order valence-corrected chi connectivity index (χ4v) is 3.75. The van der Waals surface area contributed by atoms with E-state index >= 15 is 0 Å². The van der Waals surface area contributed by atoms with E-state index in [0.29, 0.717) is 5.56 Å². The molecule has 0 radical (unpaired) electrons. The van der Waals surface area contributed by atoms with Crippen LogP contribution in [0, 0.1) is 6.92 Å². The Morgan fingerprint density at radius 1 is 1.30 bits per heavy atom. The molecule has 2 aromatic rings. The zero-order valence-electron chi connectivity index (χ0n) is 13.4. The lowest BCUT2D eigenvalue weighted by Gasteiger charge is -2.21. The third-order valence-electron chi connectivity index (χ3n) is 4.08. The summed E-state index contributed by atoms with van der Waals surface area (Å²) in [7, 11) is 0. The van der Waals surface area contributed by atoms with Gasteiger partial charge in [0.15, 0.2) is 5.13 Å². The van der Waals surface area contributed by atoms with Crippen LogP contribution in [0.4, 0.5) is 5.13 Å². The first kappa shape index (κ1) is 16.0. The van der Waals surface area contributed by atoms with E-state index in [-0.39, 0.29) is 5.91 Å². The van der Waals surface area contributed by atoms with Crippen molar-refractivity contribution in [2.75, 3.05) is 31.1 Å². The molecule has 1 fully saturated rings. The zero-order valence-corrected chi connectivity index (χ0v) is 14.2. The Kier molecular flexibility index (Phi) is 4.93. The summed E-state index contributed by atoms with van der Waals surface area (Å²) in [5, 5.41) is 3.23. The molecule has 0 bridgehead atoms. The molecule has 1 amide bonds. The highest BCUT2D eigenvalue weighted by atomic mass is 32.1. The predicted octanol–water partition coefficient (Wildman–Crippen LogP) is 2.26.